The molecular weight excluding hydrogens is 464 g/mol. The average molecular weight is 495 g/mol. The molecule has 0 atom stereocenters. The highest BCUT2D eigenvalue weighted by Gasteiger charge is 2.18. The molecule has 0 aliphatic rings. The Labute approximate surface area is 215 Å². The van der Waals surface area contributed by atoms with Gasteiger partial charge in [0.2, 0.25) is 5.82 Å². The zero-order chi connectivity index (χ0) is 25.5. The predicted octanol–water partition coefficient (Wildman–Crippen LogP) is 5.79. The number of nitrogens with one attached hydrogen (secondary N) is 1. The van der Waals surface area contributed by atoms with Gasteiger partial charge >= 0.3 is 5.97 Å². The third kappa shape index (κ3) is 5.74. The Kier molecular flexibility index (Phi) is 7.64. The van der Waals surface area contributed by atoms with Gasteiger partial charge in [0.05, 0.1) is 5.52 Å². The van der Waals surface area contributed by atoms with Gasteiger partial charge in [-0.1, -0.05) is 93.3 Å². The quantitative estimate of drug-likeness (QED) is 0.233. The molecule has 0 aliphatic heterocycles. The molecule has 0 saturated heterocycles. The second kappa shape index (κ2) is 11.6. The zero-order valence-corrected chi connectivity index (χ0v) is 20.9. The van der Waals surface area contributed by atoms with Crippen LogP contribution < -0.4 is 4.84 Å². The lowest BCUT2D eigenvalue weighted by Crippen LogP contribution is -2.21. The molecule has 1 N–H and O–H groups in total. The van der Waals surface area contributed by atoms with Crippen molar-refractivity contribution >= 4 is 17.0 Å². The van der Waals surface area contributed by atoms with Crippen molar-refractivity contribution in [3.8, 4) is 22.5 Å². The Hall–Kier alpha value is -4.33. The van der Waals surface area contributed by atoms with E-state index in [4.69, 9.17) is 9.82 Å². The number of unbranched alkanes of at least 4 members (excludes halogenated alkanes) is 4. The summed E-state index contributed by atoms with van der Waals surface area (Å²) >= 11 is 0. The molecular formula is C29H30N6O2. The van der Waals surface area contributed by atoms with E-state index in [9.17, 15) is 4.79 Å². The van der Waals surface area contributed by atoms with Gasteiger partial charge in [-0.25, -0.2) is 9.78 Å². The molecule has 5 rings (SSSR count). The molecule has 2 heterocycles. The van der Waals surface area contributed by atoms with Crippen LogP contribution in [-0.4, -0.2) is 36.3 Å². The number of rotatable bonds is 11. The SMILES string of the molecule is CCCCCCCC(=O)On1c(Cc2ccccc2)nc2ccc(-c3ccccc3-c3nn[nH]n3)cc21. The highest BCUT2D eigenvalue weighted by atomic mass is 16.7. The van der Waals surface area contributed by atoms with Gasteiger partial charge in [-0.15, -0.1) is 10.2 Å². The lowest BCUT2D eigenvalue weighted by atomic mass is 9.99. The number of carbonyl (C=O) groups excluding carboxylic acids is 1. The number of hydrogen-bond acceptors (Lipinski definition) is 6. The summed E-state index contributed by atoms with van der Waals surface area (Å²) in [5.74, 6) is 0.954. The molecule has 2 aromatic heterocycles. The minimum Gasteiger partial charge on any atom is -0.335 e. The molecule has 8 nitrogen and oxygen atoms in total. The summed E-state index contributed by atoms with van der Waals surface area (Å²) < 4.78 is 1.61. The molecule has 5 aromatic rings. The largest absolute Gasteiger partial charge is 0.335 e. The standard InChI is InChI=1S/C29H30N6O2/c1-2-3-4-5-9-16-28(36)37-35-26-20-22(23-14-10-11-15-24(23)29-31-33-34-32-29)17-18-25(26)30-27(35)19-21-12-7-6-8-13-21/h6-8,10-15,17-18,20H,2-5,9,16,19H2,1H3,(H,31,32,33,34). The first-order chi connectivity index (χ1) is 18.2. The summed E-state index contributed by atoms with van der Waals surface area (Å²) in [6.45, 7) is 2.18. The number of tetrazole rings is 1. The first-order valence-corrected chi connectivity index (χ1v) is 12.8. The third-order valence-corrected chi connectivity index (χ3v) is 6.39. The minimum absolute atomic E-state index is 0.247. The molecule has 0 aliphatic carbocycles. The lowest BCUT2D eigenvalue weighted by molar-refractivity contribution is -0.144. The fourth-order valence-electron chi connectivity index (χ4n) is 4.49. The average Bonchev–Trinajstić information content (AvgIpc) is 3.58. The molecule has 188 valence electrons. The Balaban J connectivity index is 1.50. The number of fused-ring (bicyclic) bond motifs is 1. The fourth-order valence-corrected chi connectivity index (χ4v) is 4.49. The molecule has 0 spiro atoms. The van der Waals surface area contributed by atoms with Gasteiger partial charge in [-0.2, -0.15) is 9.94 Å². The van der Waals surface area contributed by atoms with Crippen LogP contribution >= 0.6 is 0 Å². The number of imidazole rings is 1. The monoisotopic (exact) mass is 494 g/mol. The lowest BCUT2D eigenvalue weighted by Gasteiger charge is -2.11. The Bertz CT molecular complexity index is 1460. The van der Waals surface area contributed by atoms with Crippen LogP contribution in [-0.2, 0) is 11.2 Å². The Morgan fingerprint density at radius 2 is 1.70 bits per heavy atom. The maximum atomic E-state index is 12.9. The topological polar surface area (TPSA) is 98.6 Å². The molecule has 0 saturated carbocycles. The smallest absolute Gasteiger partial charge is 0.332 e. The summed E-state index contributed by atoms with van der Waals surface area (Å²) in [6.07, 6.45) is 6.29. The van der Waals surface area contributed by atoms with E-state index in [1.54, 1.807) is 4.73 Å². The van der Waals surface area contributed by atoms with Gasteiger partial charge in [0.15, 0.2) is 5.82 Å². The van der Waals surface area contributed by atoms with Crippen LogP contribution in [0.1, 0.15) is 56.8 Å². The molecule has 0 fully saturated rings. The van der Waals surface area contributed by atoms with Crippen molar-refractivity contribution in [1.29, 1.82) is 0 Å². The third-order valence-electron chi connectivity index (χ3n) is 6.39. The maximum Gasteiger partial charge on any atom is 0.332 e. The Morgan fingerprint density at radius 1 is 0.919 bits per heavy atom. The molecule has 37 heavy (non-hydrogen) atoms. The van der Waals surface area contributed by atoms with Crippen LogP contribution in [0.4, 0.5) is 0 Å². The van der Waals surface area contributed by atoms with Gasteiger partial charge in [0.1, 0.15) is 5.52 Å². The number of H-pyrrole nitrogens is 1. The van der Waals surface area contributed by atoms with E-state index in [1.165, 1.54) is 12.8 Å². The van der Waals surface area contributed by atoms with Crippen LogP contribution in [0.5, 0.6) is 0 Å². The van der Waals surface area contributed by atoms with Gasteiger partial charge in [-0.3, -0.25) is 0 Å². The van der Waals surface area contributed by atoms with E-state index >= 15 is 0 Å². The van der Waals surface area contributed by atoms with E-state index in [0.717, 1.165) is 52.5 Å². The summed E-state index contributed by atoms with van der Waals surface area (Å²) in [5, 5.41) is 14.5. The number of hydrogen-bond donors (Lipinski definition) is 1. The van der Waals surface area contributed by atoms with Crippen LogP contribution in [0.15, 0.2) is 72.8 Å². The molecule has 0 amide bonds. The number of aromatic nitrogens is 6. The molecule has 0 unspecified atom stereocenters. The highest BCUT2D eigenvalue weighted by Crippen LogP contribution is 2.32. The van der Waals surface area contributed by atoms with Gasteiger partial charge in [0, 0.05) is 18.4 Å². The fraction of sp³-hybridized carbons (Fsp3) is 0.276. The van der Waals surface area contributed by atoms with Crippen LogP contribution in [0.3, 0.4) is 0 Å². The van der Waals surface area contributed by atoms with E-state index in [0.29, 0.717) is 24.5 Å². The van der Waals surface area contributed by atoms with Crippen LogP contribution in [0.2, 0.25) is 0 Å². The molecule has 0 radical (unpaired) electrons. The van der Waals surface area contributed by atoms with Gasteiger partial charge in [-0.05, 0) is 40.5 Å². The van der Waals surface area contributed by atoms with Crippen LogP contribution in [0, 0.1) is 0 Å². The number of nitrogens with zero attached hydrogens (tertiary/aromatic N) is 5. The van der Waals surface area contributed by atoms with Gasteiger partial charge < -0.3 is 4.84 Å². The molecule has 8 heteroatoms. The van der Waals surface area contributed by atoms with E-state index in [-0.39, 0.29) is 5.97 Å². The molecule has 0 bridgehead atoms. The number of benzene rings is 3. The van der Waals surface area contributed by atoms with E-state index in [1.807, 2.05) is 72.8 Å². The summed E-state index contributed by atoms with van der Waals surface area (Å²) in [7, 11) is 0. The molecule has 3 aromatic carbocycles. The minimum atomic E-state index is -0.247. The van der Waals surface area contributed by atoms with Crippen molar-refractivity contribution in [1.82, 2.24) is 30.3 Å². The zero-order valence-electron chi connectivity index (χ0n) is 20.9. The maximum absolute atomic E-state index is 12.9. The van der Waals surface area contributed by atoms with Crippen molar-refractivity contribution in [3.63, 3.8) is 0 Å². The van der Waals surface area contributed by atoms with Crippen molar-refractivity contribution < 1.29 is 9.63 Å². The highest BCUT2D eigenvalue weighted by molar-refractivity contribution is 5.87. The Morgan fingerprint density at radius 3 is 2.49 bits per heavy atom. The number of aromatic amines is 1. The van der Waals surface area contributed by atoms with Crippen molar-refractivity contribution in [3.05, 3.63) is 84.2 Å². The van der Waals surface area contributed by atoms with E-state index in [2.05, 4.69) is 27.5 Å². The normalized spacial score (nSPS) is 11.2. The summed E-state index contributed by atoms with van der Waals surface area (Å²) in [6, 6.07) is 23.9. The number of carbonyl (C=O) groups is 1. The van der Waals surface area contributed by atoms with E-state index < -0.39 is 0 Å². The predicted molar refractivity (Wildman–Crippen MR) is 143 cm³/mol. The summed E-state index contributed by atoms with van der Waals surface area (Å²) in [5.41, 5.74) is 5.35. The van der Waals surface area contributed by atoms with Gasteiger partial charge in [0.25, 0.3) is 0 Å². The second-order valence-corrected chi connectivity index (χ2v) is 9.10. The first kappa shape index (κ1) is 24.4. The van der Waals surface area contributed by atoms with Crippen LogP contribution in [0.25, 0.3) is 33.5 Å². The first-order valence-electron chi connectivity index (χ1n) is 12.8. The van der Waals surface area contributed by atoms with Crippen molar-refractivity contribution in [2.75, 3.05) is 0 Å². The van der Waals surface area contributed by atoms with Crippen molar-refractivity contribution in [2.45, 2.75) is 51.9 Å². The van der Waals surface area contributed by atoms with Crippen molar-refractivity contribution in [2.24, 2.45) is 0 Å². The second-order valence-electron chi connectivity index (χ2n) is 9.10. The summed E-state index contributed by atoms with van der Waals surface area (Å²) in [4.78, 5) is 23.6.